The van der Waals surface area contributed by atoms with E-state index < -0.39 is 11.7 Å². The van der Waals surface area contributed by atoms with Crippen LogP contribution in [-0.4, -0.2) is 17.8 Å². The Morgan fingerprint density at radius 2 is 1.95 bits per heavy atom. The molecule has 2 atom stereocenters. The summed E-state index contributed by atoms with van der Waals surface area (Å²) < 4.78 is 37.5. The highest BCUT2D eigenvalue weighted by Gasteiger charge is 2.31. The molecular formula is C14H15F3OS. The van der Waals surface area contributed by atoms with E-state index in [-0.39, 0.29) is 11.8 Å². The van der Waals surface area contributed by atoms with Crippen LogP contribution in [0, 0.1) is 5.92 Å². The number of rotatable bonds is 3. The highest BCUT2D eigenvalue weighted by molar-refractivity contribution is 7.99. The maximum atomic E-state index is 12.5. The van der Waals surface area contributed by atoms with Crippen LogP contribution in [0.25, 0.3) is 0 Å². The number of alkyl halides is 3. The molecule has 1 heterocycles. The third kappa shape index (κ3) is 3.53. The monoisotopic (exact) mass is 288 g/mol. The van der Waals surface area contributed by atoms with Crippen LogP contribution in [0.2, 0.25) is 0 Å². The molecule has 1 aromatic rings. The lowest BCUT2D eigenvalue weighted by Crippen LogP contribution is -2.20. The van der Waals surface area contributed by atoms with Gasteiger partial charge >= 0.3 is 6.18 Å². The van der Waals surface area contributed by atoms with Crippen LogP contribution in [0.5, 0.6) is 0 Å². The molecule has 0 N–H and O–H groups in total. The summed E-state index contributed by atoms with van der Waals surface area (Å²) in [6.45, 7) is 0. The zero-order chi connectivity index (χ0) is 13.9. The van der Waals surface area contributed by atoms with E-state index in [1.54, 1.807) is 0 Å². The molecule has 1 aliphatic heterocycles. The van der Waals surface area contributed by atoms with Gasteiger partial charge in [0.2, 0.25) is 0 Å². The fourth-order valence-corrected chi connectivity index (χ4v) is 3.62. The summed E-state index contributed by atoms with van der Waals surface area (Å²) >= 11 is 1.81. The molecule has 0 aromatic heterocycles. The van der Waals surface area contributed by atoms with Crippen molar-refractivity contribution in [2.45, 2.75) is 24.9 Å². The maximum absolute atomic E-state index is 12.5. The molecule has 1 fully saturated rings. The third-order valence-electron chi connectivity index (χ3n) is 3.47. The number of aldehydes is 1. The van der Waals surface area contributed by atoms with Crippen LogP contribution in [0.3, 0.4) is 0 Å². The predicted molar refractivity (Wildman–Crippen MR) is 70.3 cm³/mol. The van der Waals surface area contributed by atoms with Crippen molar-refractivity contribution in [2.24, 2.45) is 5.92 Å². The Morgan fingerprint density at radius 3 is 2.42 bits per heavy atom. The fourth-order valence-electron chi connectivity index (χ4n) is 2.41. The zero-order valence-electron chi connectivity index (χ0n) is 10.3. The summed E-state index contributed by atoms with van der Waals surface area (Å²) in [5.41, 5.74) is 0.0226. The van der Waals surface area contributed by atoms with Crippen molar-refractivity contribution in [3.63, 3.8) is 0 Å². The molecule has 0 saturated carbocycles. The van der Waals surface area contributed by atoms with E-state index in [0.717, 1.165) is 42.8 Å². The molecule has 1 aliphatic rings. The van der Waals surface area contributed by atoms with Crippen molar-refractivity contribution in [3.05, 3.63) is 35.4 Å². The largest absolute Gasteiger partial charge is 0.416 e. The molecule has 19 heavy (non-hydrogen) atoms. The summed E-state index contributed by atoms with van der Waals surface area (Å²) in [6.07, 6.45) is -1.41. The van der Waals surface area contributed by atoms with Crippen molar-refractivity contribution in [2.75, 3.05) is 11.5 Å². The third-order valence-corrected chi connectivity index (χ3v) is 4.71. The van der Waals surface area contributed by atoms with E-state index in [1.165, 1.54) is 12.1 Å². The van der Waals surface area contributed by atoms with E-state index in [0.29, 0.717) is 5.56 Å². The van der Waals surface area contributed by atoms with Gasteiger partial charge in [0, 0.05) is 5.92 Å². The van der Waals surface area contributed by atoms with Gasteiger partial charge in [-0.05, 0) is 48.0 Å². The molecule has 0 spiro atoms. The highest BCUT2D eigenvalue weighted by atomic mass is 32.2. The van der Waals surface area contributed by atoms with E-state index >= 15 is 0 Å². The van der Waals surface area contributed by atoms with E-state index in [2.05, 4.69) is 0 Å². The van der Waals surface area contributed by atoms with Gasteiger partial charge in [0.1, 0.15) is 6.29 Å². The SMILES string of the molecule is O=CC(c1ccc(C(F)(F)F)cc1)C1CCCSC1. The van der Waals surface area contributed by atoms with Gasteiger partial charge in [0.05, 0.1) is 5.56 Å². The van der Waals surface area contributed by atoms with Gasteiger partial charge in [-0.2, -0.15) is 24.9 Å². The fraction of sp³-hybridized carbons (Fsp3) is 0.500. The van der Waals surface area contributed by atoms with Crippen LogP contribution in [0.4, 0.5) is 13.2 Å². The first-order chi connectivity index (χ1) is 9.02. The molecular weight excluding hydrogens is 273 g/mol. The lowest BCUT2D eigenvalue weighted by molar-refractivity contribution is -0.137. The van der Waals surface area contributed by atoms with Crippen LogP contribution in [-0.2, 0) is 11.0 Å². The average molecular weight is 288 g/mol. The first-order valence-electron chi connectivity index (χ1n) is 6.22. The summed E-state index contributed by atoms with van der Waals surface area (Å²) in [6, 6.07) is 4.98. The summed E-state index contributed by atoms with van der Waals surface area (Å²) in [5.74, 6) is 1.97. The average Bonchev–Trinajstić information content (AvgIpc) is 2.40. The summed E-state index contributed by atoms with van der Waals surface area (Å²) in [4.78, 5) is 11.3. The number of hydrogen-bond donors (Lipinski definition) is 0. The molecule has 0 amide bonds. The lowest BCUT2D eigenvalue weighted by atomic mass is 9.85. The molecule has 0 bridgehead atoms. The van der Waals surface area contributed by atoms with Crippen molar-refractivity contribution in [1.29, 1.82) is 0 Å². The molecule has 1 aromatic carbocycles. The van der Waals surface area contributed by atoms with Crippen molar-refractivity contribution >= 4 is 18.0 Å². The molecule has 1 saturated heterocycles. The van der Waals surface area contributed by atoms with Crippen LogP contribution in [0.15, 0.2) is 24.3 Å². The predicted octanol–water partition coefficient (Wildman–Crippen LogP) is 4.13. The maximum Gasteiger partial charge on any atom is 0.416 e. The Balaban J connectivity index is 2.16. The summed E-state index contributed by atoms with van der Waals surface area (Å²) in [7, 11) is 0. The van der Waals surface area contributed by atoms with Gasteiger partial charge in [-0.25, -0.2) is 0 Å². The Kier molecular flexibility index (Phi) is 4.55. The van der Waals surface area contributed by atoms with Crippen LogP contribution < -0.4 is 0 Å². The normalized spacial score (nSPS) is 21.9. The molecule has 5 heteroatoms. The second-order valence-electron chi connectivity index (χ2n) is 4.76. The number of carbonyl (C=O) groups is 1. The first-order valence-corrected chi connectivity index (χ1v) is 7.38. The smallest absolute Gasteiger partial charge is 0.303 e. The number of thioether (sulfide) groups is 1. The Hall–Kier alpha value is -0.970. The van der Waals surface area contributed by atoms with Gasteiger partial charge < -0.3 is 4.79 Å². The van der Waals surface area contributed by atoms with Gasteiger partial charge in [0.15, 0.2) is 0 Å². The topological polar surface area (TPSA) is 17.1 Å². The number of hydrogen-bond acceptors (Lipinski definition) is 2. The van der Waals surface area contributed by atoms with Gasteiger partial charge in [-0.3, -0.25) is 0 Å². The van der Waals surface area contributed by atoms with E-state index in [1.807, 2.05) is 11.8 Å². The van der Waals surface area contributed by atoms with Gasteiger partial charge in [-0.1, -0.05) is 12.1 Å². The minimum atomic E-state index is -4.32. The van der Waals surface area contributed by atoms with Gasteiger partial charge in [-0.15, -0.1) is 0 Å². The Morgan fingerprint density at radius 1 is 1.26 bits per heavy atom. The van der Waals surface area contributed by atoms with Crippen molar-refractivity contribution in [3.8, 4) is 0 Å². The quantitative estimate of drug-likeness (QED) is 0.778. The first kappa shape index (κ1) is 14.4. The minimum absolute atomic E-state index is 0.244. The molecule has 0 radical (unpaired) electrons. The molecule has 2 rings (SSSR count). The van der Waals surface area contributed by atoms with Crippen molar-refractivity contribution < 1.29 is 18.0 Å². The van der Waals surface area contributed by atoms with Crippen molar-refractivity contribution in [1.82, 2.24) is 0 Å². The van der Waals surface area contributed by atoms with E-state index in [4.69, 9.17) is 0 Å². The van der Waals surface area contributed by atoms with Crippen LogP contribution >= 0.6 is 11.8 Å². The standard InChI is InChI=1S/C14H15F3OS/c15-14(16,17)12-5-3-10(4-6-12)13(8-18)11-2-1-7-19-9-11/h3-6,8,11,13H,1-2,7,9H2. The van der Waals surface area contributed by atoms with Gasteiger partial charge in [0.25, 0.3) is 0 Å². The van der Waals surface area contributed by atoms with Crippen LogP contribution in [0.1, 0.15) is 29.9 Å². The molecule has 0 aliphatic carbocycles. The highest BCUT2D eigenvalue weighted by Crippen LogP contribution is 2.35. The van der Waals surface area contributed by atoms with E-state index in [9.17, 15) is 18.0 Å². The summed E-state index contributed by atoms with van der Waals surface area (Å²) in [5, 5.41) is 0. The minimum Gasteiger partial charge on any atom is -0.303 e. The number of benzene rings is 1. The Labute approximate surface area is 114 Å². The second-order valence-corrected chi connectivity index (χ2v) is 5.91. The molecule has 2 unspecified atom stereocenters. The number of carbonyl (C=O) groups excluding carboxylic acids is 1. The Bertz CT molecular complexity index is 421. The molecule has 104 valence electrons. The second kappa shape index (κ2) is 5.99. The number of halogens is 3. The zero-order valence-corrected chi connectivity index (χ0v) is 11.1. The molecule has 1 nitrogen and oxygen atoms in total. The lowest BCUT2D eigenvalue weighted by Gasteiger charge is -2.26.